The van der Waals surface area contributed by atoms with Gasteiger partial charge in [-0.25, -0.2) is 0 Å². The number of hydrogen-bond acceptors (Lipinski definition) is 2. The molecule has 1 aromatic rings. The van der Waals surface area contributed by atoms with Gasteiger partial charge in [-0.15, -0.1) is 0 Å². The van der Waals surface area contributed by atoms with Crippen molar-refractivity contribution in [2.24, 2.45) is 11.7 Å². The first kappa shape index (κ1) is 13.3. The van der Waals surface area contributed by atoms with Crippen molar-refractivity contribution in [3.63, 3.8) is 0 Å². The fourth-order valence-electron chi connectivity index (χ4n) is 2.71. The highest BCUT2D eigenvalue weighted by Gasteiger charge is 2.18. The van der Waals surface area contributed by atoms with E-state index < -0.39 is 0 Å². The molecule has 1 saturated carbocycles. The summed E-state index contributed by atoms with van der Waals surface area (Å²) in [7, 11) is 0. The van der Waals surface area contributed by atoms with Gasteiger partial charge in [-0.3, -0.25) is 0 Å². The van der Waals surface area contributed by atoms with E-state index >= 15 is 0 Å². The maximum Gasteiger partial charge on any atom is 0.0745 e. The second kappa shape index (κ2) is 6.74. The first-order valence-electron chi connectivity index (χ1n) is 6.84. The van der Waals surface area contributed by atoms with Crippen LogP contribution in [-0.4, -0.2) is 18.1 Å². The largest absolute Gasteiger partial charge is 0.393 e. The first-order chi connectivity index (χ1) is 8.75. The molecule has 3 heteroatoms. The third kappa shape index (κ3) is 3.98. The second-order valence-corrected chi connectivity index (χ2v) is 5.67. The van der Waals surface area contributed by atoms with Crippen molar-refractivity contribution in [1.29, 1.82) is 0 Å². The zero-order valence-electron chi connectivity index (χ0n) is 10.8. The molecule has 0 atom stereocenters. The average molecular weight is 262 g/mol. The van der Waals surface area contributed by atoms with Crippen LogP contribution < -0.4 is 10.6 Å². The molecule has 2 nitrogen and oxygen atoms in total. The fraction of sp³-hybridized carbons (Fsp3) is 0.533. The average Bonchev–Trinajstić information content (AvgIpc) is 2.88. The monoisotopic (exact) mass is 262 g/mol. The van der Waals surface area contributed by atoms with E-state index in [2.05, 4.69) is 35.2 Å². The molecule has 1 aromatic carbocycles. The van der Waals surface area contributed by atoms with E-state index in [0.29, 0.717) is 4.99 Å². The van der Waals surface area contributed by atoms with E-state index in [0.717, 1.165) is 25.4 Å². The Balaban J connectivity index is 1.99. The molecule has 18 heavy (non-hydrogen) atoms. The van der Waals surface area contributed by atoms with Gasteiger partial charge in [0.2, 0.25) is 0 Å². The number of nitrogens with two attached hydrogens (primary N) is 1. The highest BCUT2D eigenvalue weighted by molar-refractivity contribution is 7.80. The summed E-state index contributed by atoms with van der Waals surface area (Å²) in [4.78, 5) is 3.05. The molecule has 0 unspecified atom stereocenters. The zero-order chi connectivity index (χ0) is 12.8. The van der Waals surface area contributed by atoms with Crippen molar-refractivity contribution in [2.75, 3.05) is 18.0 Å². The minimum absolute atomic E-state index is 0.613. The molecule has 2 N–H and O–H groups in total. The Labute approximate surface area is 115 Å². The molecule has 0 heterocycles. The predicted molar refractivity (Wildman–Crippen MR) is 82.0 cm³/mol. The van der Waals surface area contributed by atoms with Gasteiger partial charge in [-0.05, 0) is 30.9 Å². The van der Waals surface area contributed by atoms with Crippen LogP contribution in [0.15, 0.2) is 30.3 Å². The Kier molecular flexibility index (Phi) is 5.00. The lowest BCUT2D eigenvalue weighted by Gasteiger charge is -2.27. The van der Waals surface area contributed by atoms with Crippen LogP contribution in [-0.2, 0) is 0 Å². The van der Waals surface area contributed by atoms with E-state index in [-0.39, 0.29) is 0 Å². The van der Waals surface area contributed by atoms with E-state index in [1.165, 1.54) is 31.4 Å². The number of benzene rings is 1. The van der Waals surface area contributed by atoms with Crippen LogP contribution >= 0.6 is 12.2 Å². The number of para-hydroxylation sites is 1. The maximum absolute atomic E-state index is 5.63. The summed E-state index contributed by atoms with van der Waals surface area (Å²) in [5.74, 6) is 0.844. The number of thiocarbonyl (C=S) groups is 1. The SMILES string of the molecule is NC(=S)CCN(CC1CCCC1)c1ccccc1. The van der Waals surface area contributed by atoms with Crippen molar-refractivity contribution in [3.8, 4) is 0 Å². The van der Waals surface area contributed by atoms with Gasteiger partial charge in [-0.2, -0.15) is 0 Å². The quantitative estimate of drug-likeness (QED) is 0.797. The van der Waals surface area contributed by atoms with Gasteiger partial charge in [0.25, 0.3) is 0 Å². The van der Waals surface area contributed by atoms with Crippen LogP contribution in [0.1, 0.15) is 32.1 Å². The molecular formula is C15H22N2S. The lowest BCUT2D eigenvalue weighted by molar-refractivity contribution is 0.533. The number of nitrogens with zero attached hydrogens (tertiary/aromatic N) is 1. The molecule has 0 aromatic heterocycles. The molecule has 0 amide bonds. The molecule has 0 aliphatic heterocycles. The number of anilines is 1. The molecule has 1 aliphatic rings. The van der Waals surface area contributed by atoms with Crippen LogP contribution in [0.3, 0.4) is 0 Å². The van der Waals surface area contributed by atoms with Crippen LogP contribution in [0.4, 0.5) is 5.69 Å². The van der Waals surface area contributed by atoms with Gasteiger partial charge in [0.15, 0.2) is 0 Å². The van der Waals surface area contributed by atoms with Gasteiger partial charge in [0, 0.05) is 25.2 Å². The molecule has 0 spiro atoms. The third-order valence-corrected chi connectivity index (χ3v) is 3.91. The highest BCUT2D eigenvalue weighted by atomic mass is 32.1. The van der Waals surface area contributed by atoms with Crippen molar-refractivity contribution >= 4 is 22.9 Å². The van der Waals surface area contributed by atoms with Crippen molar-refractivity contribution in [2.45, 2.75) is 32.1 Å². The normalized spacial score (nSPS) is 15.8. The zero-order valence-corrected chi connectivity index (χ0v) is 11.7. The summed E-state index contributed by atoms with van der Waals surface area (Å²) in [6, 6.07) is 10.6. The Morgan fingerprint density at radius 1 is 1.22 bits per heavy atom. The molecule has 0 saturated heterocycles. The molecular weight excluding hydrogens is 240 g/mol. The summed E-state index contributed by atoms with van der Waals surface area (Å²) in [6.07, 6.45) is 6.33. The minimum Gasteiger partial charge on any atom is -0.393 e. The van der Waals surface area contributed by atoms with Gasteiger partial charge < -0.3 is 10.6 Å². The van der Waals surface area contributed by atoms with Gasteiger partial charge >= 0.3 is 0 Å². The summed E-state index contributed by atoms with van der Waals surface area (Å²) in [5.41, 5.74) is 6.92. The topological polar surface area (TPSA) is 29.3 Å². The third-order valence-electron chi connectivity index (χ3n) is 3.70. The smallest absolute Gasteiger partial charge is 0.0745 e. The minimum atomic E-state index is 0.613. The number of rotatable bonds is 6. The van der Waals surface area contributed by atoms with E-state index in [1.54, 1.807) is 0 Å². The van der Waals surface area contributed by atoms with Gasteiger partial charge in [0.05, 0.1) is 4.99 Å². The van der Waals surface area contributed by atoms with Crippen molar-refractivity contribution in [1.82, 2.24) is 0 Å². The van der Waals surface area contributed by atoms with Crippen LogP contribution in [0, 0.1) is 5.92 Å². The van der Waals surface area contributed by atoms with Gasteiger partial charge in [-0.1, -0.05) is 43.3 Å². The summed E-state index contributed by atoms with van der Waals surface area (Å²) in [5, 5.41) is 0. The standard InChI is InChI=1S/C15H22N2S/c16-15(18)10-11-17(12-13-6-4-5-7-13)14-8-2-1-3-9-14/h1-3,8-9,13H,4-7,10-12H2,(H2,16,18). The molecule has 2 rings (SSSR count). The van der Waals surface area contributed by atoms with Crippen LogP contribution in [0.5, 0.6) is 0 Å². The molecule has 98 valence electrons. The van der Waals surface area contributed by atoms with E-state index in [4.69, 9.17) is 18.0 Å². The first-order valence-corrected chi connectivity index (χ1v) is 7.25. The summed E-state index contributed by atoms with van der Waals surface area (Å²) < 4.78 is 0. The Bertz CT molecular complexity index is 371. The summed E-state index contributed by atoms with van der Waals surface area (Å²) >= 11 is 5.00. The van der Waals surface area contributed by atoms with E-state index in [1.807, 2.05) is 0 Å². The Morgan fingerprint density at radius 3 is 2.50 bits per heavy atom. The van der Waals surface area contributed by atoms with Gasteiger partial charge in [0.1, 0.15) is 0 Å². The molecule has 1 fully saturated rings. The molecule has 0 bridgehead atoms. The molecule has 0 radical (unpaired) electrons. The Morgan fingerprint density at radius 2 is 1.89 bits per heavy atom. The van der Waals surface area contributed by atoms with Crippen molar-refractivity contribution < 1.29 is 0 Å². The second-order valence-electron chi connectivity index (χ2n) is 5.15. The highest BCUT2D eigenvalue weighted by Crippen LogP contribution is 2.27. The predicted octanol–water partition coefficient (Wildman–Crippen LogP) is 3.36. The van der Waals surface area contributed by atoms with Crippen LogP contribution in [0.25, 0.3) is 0 Å². The van der Waals surface area contributed by atoms with E-state index in [9.17, 15) is 0 Å². The number of hydrogen-bond donors (Lipinski definition) is 1. The fourth-order valence-corrected chi connectivity index (χ4v) is 2.81. The van der Waals surface area contributed by atoms with Crippen molar-refractivity contribution in [3.05, 3.63) is 30.3 Å². The van der Waals surface area contributed by atoms with Crippen LogP contribution in [0.2, 0.25) is 0 Å². The Hall–Kier alpha value is -1.09. The lowest BCUT2D eigenvalue weighted by Crippen LogP contribution is -2.31. The lowest BCUT2D eigenvalue weighted by atomic mass is 10.1. The maximum atomic E-state index is 5.63. The summed E-state index contributed by atoms with van der Waals surface area (Å²) in [6.45, 7) is 2.09. The molecule has 1 aliphatic carbocycles.